The fraction of sp³-hybridized carbons (Fsp3) is 1.00. The molecule has 1 nitrogen and oxygen atoms in total. The standard InChI is InChI=1S/C20H42O/c1-17(2)9-6-10-18(3)11-7-12-19(4)13-8-14-20(5)15-16-21/h17-21H,6-16H2,1-5H3/t18-,19-,20+/m1/s1. The van der Waals surface area contributed by atoms with Gasteiger partial charge in [-0.25, -0.2) is 0 Å². The molecule has 128 valence electrons. The first-order valence-corrected chi connectivity index (χ1v) is 9.56. The van der Waals surface area contributed by atoms with E-state index in [1.807, 2.05) is 0 Å². The van der Waals surface area contributed by atoms with Crippen LogP contribution in [0.3, 0.4) is 0 Å². The van der Waals surface area contributed by atoms with Crippen LogP contribution in [-0.4, -0.2) is 11.7 Å². The third-order valence-electron chi connectivity index (χ3n) is 4.89. The molecule has 0 amide bonds. The van der Waals surface area contributed by atoms with Gasteiger partial charge >= 0.3 is 0 Å². The van der Waals surface area contributed by atoms with Gasteiger partial charge in [-0.05, 0) is 30.1 Å². The lowest BCUT2D eigenvalue weighted by Crippen LogP contribution is -2.02. The number of hydrogen-bond donors (Lipinski definition) is 1. The summed E-state index contributed by atoms with van der Waals surface area (Å²) < 4.78 is 0. The molecule has 0 aromatic heterocycles. The molecule has 1 heteroatoms. The van der Waals surface area contributed by atoms with Gasteiger partial charge in [0.25, 0.3) is 0 Å². The zero-order valence-corrected chi connectivity index (χ0v) is 15.5. The maximum atomic E-state index is 8.91. The van der Waals surface area contributed by atoms with Crippen molar-refractivity contribution in [3.8, 4) is 0 Å². The lowest BCUT2D eigenvalue weighted by atomic mass is 9.91. The van der Waals surface area contributed by atoms with E-state index in [-0.39, 0.29) is 0 Å². The van der Waals surface area contributed by atoms with Crippen LogP contribution in [0.5, 0.6) is 0 Å². The summed E-state index contributed by atoms with van der Waals surface area (Å²) in [6, 6.07) is 0. The lowest BCUT2D eigenvalue weighted by Gasteiger charge is -2.16. The van der Waals surface area contributed by atoms with Gasteiger partial charge in [-0.15, -0.1) is 0 Å². The Bertz CT molecular complexity index is 212. The molecule has 0 aromatic rings. The summed E-state index contributed by atoms with van der Waals surface area (Å²) in [6.45, 7) is 12.1. The Kier molecular flexibility index (Phi) is 13.6. The summed E-state index contributed by atoms with van der Waals surface area (Å²) in [4.78, 5) is 0. The Balaban J connectivity index is 3.45. The fourth-order valence-electron chi connectivity index (χ4n) is 3.16. The largest absolute Gasteiger partial charge is 0.396 e. The third-order valence-corrected chi connectivity index (χ3v) is 4.89. The van der Waals surface area contributed by atoms with E-state index < -0.39 is 0 Å². The first kappa shape index (κ1) is 21.0. The average molecular weight is 299 g/mol. The highest BCUT2D eigenvalue weighted by molar-refractivity contribution is 4.60. The quantitative estimate of drug-likeness (QED) is 0.391. The molecule has 3 atom stereocenters. The summed E-state index contributed by atoms with van der Waals surface area (Å²) in [5.41, 5.74) is 0. The van der Waals surface area contributed by atoms with Gasteiger partial charge in [0.15, 0.2) is 0 Å². The maximum absolute atomic E-state index is 8.91. The molecular weight excluding hydrogens is 256 g/mol. The Morgan fingerprint density at radius 1 is 0.524 bits per heavy atom. The van der Waals surface area contributed by atoms with Crippen LogP contribution in [-0.2, 0) is 0 Å². The van der Waals surface area contributed by atoms with E-state index in [0.717, 1.165) is 24.2 Å². The van der Waals surface area contributed by atoms with Crippen LogP contribution in [0.2, 0.25) is 0 Å². The molecule has 0 aliphatic rings. The SMILES string of the molecule is CC(C)CCC[C@@H](C)CCC[C@@H](C)CCC[C@H](C)CCO. The second-order valence-electron chi connectivity index (χ2n) is 8.01. The molecular formula is C20H42O. The zero-order chi connectivity index (χ0) is 16.1. The van der Waals surface area contributed by atoms with Gasteiger partial charge in [0.2, 0.25) is 0 Å². The second kappa shape index (κ2) is 13.6. The predicted molar refractivity (Wildman–Crippen MR) is 95.6 cm³/mol. The Morgan fingerprint density at radius 2 is 0.857 bits per heavy atom. The molecule has 0 aliphatic heterocycles. The van der Waals surface area contributed by atoms with Crippen LogP contribution >= 0.6 is 0 Å². The highest BCUT2D eigenvalue weighted by Gasteiger charge is 2.07. The van der Waals surface area contributed by atoms with Gasteiger partial charge in [-0.3, -0.25) is 0 Å². The van der Waals surface area contributed by atoms with Crippen molar-refractivity contribution in [3.63, 3.8) is 0 Å². The summed E-state index contributed by atoms with van der Waals surface area (Å²) in [7, 11) is 0. The first-order chi connectivity index (χ1) is 9.95. The van der Waals surface area contributed by atoms with E-state index in [0.29, 0.717) is 12.5 Å². The molecule has 0 aliphatic carbocycles. The van der Waals surface area contributed by atoms with Gasteiger partial charge in [0, 0.05) is 6.61 Å². The number of hydrogen-bond acceptors (Lipinski definition) is 1. The smallest absolute Gasteiger partial charge is 0.0433 e. The van der Waals surface area contributed by atoms with E-state index >= 15 is 0 Å². The monoisotopic (exact) mass is 298 g/mol. The molecule has 1 N–H and O–H groups in total. The maximum Gasteiger partial charge on any atom is 0.0433 e. The van der Waals surface area contributed by atoms with Crippen LogP contribution in [0.25, 0.3) is 0 Å². The summed E-state index contributed by atoms with van der Waals surface area (Å²) in [6.07, 6.45) is 13.4. The van der Waals surface area contributed by atoms with Crippen LogP contribution in [0.4, 0.5) is 0 Å². The molecule has 0 saturated carbocycles. The van der Waals surface area contributed by atoms with Crippen molar-refractivity contribution in [1.82, 2.24) is 0 Å². The highest BCUT2D eigenvalue weighted by Crippen LogP contribution is 2.22. The van der Waals surface area contributed by atoms with Gasteiger partial charge in [0.05, 0.1) is 0 Å². The fourth-order valence-corrected chi connectivity index (χ4v) is 3.16. The first-order valence-electron chi connectivity index (χ1n) is 9.56. The van der Waals surface area contributed by atoms with Crippen molar-refractivity contribution in [3.05, 3.63) is 0 Å². The molecule has 0 heterocycles. The minimum atomic E-state index is 0.353. The zero-order valence-electron chi connectivity index (χ0n) is 15.5. The molecule has 0 bridgehead atoms. The number of rotatable bonds is 14. The Hall–Kier alpha value is -0.0400. The second-order valence-corrected chi connectivity index (χ2v) is 8.01. The molecule has 0 radical (unpaired) electrons. The molecule has 0 rings (SSSR count). The number of aliphatic hydroxyl groups excluding tert-OH is 1. The average Bonchev–Trinajstić information content (AvgIpc) is 2.38. The molecule has 0 aromatic carbocycles. The van der Waals surface area contributed by atoms with Crippen molar-refractivity contribution in [1.29, 1.82) is 0 Å². The summed E-state index contributed by atoms with van der Waals surface area (Å²) in [5, 5.41) is 8.91. The van der Waals surface area contributed by atoms with Crippen molar-refractivity contribution < 1.29 is 5.11 Å². The van der Waals surface area contributed by atoms with Gasteiger partial charge in [-0.1, -0.05) is 92.4 Å². The highest BCUT2D eigenvalue weighted by atomic mass is 16.3. The predicted octanol–water partition coefficient (Wildman–Crippen LogP) is 6.44. The van der Waals surface area contributed by atoms with E-state index in [4.69, 9.17) is 5.11 Å². The van der Waals surface area contributed by atoms with E-state index in [9.17, 15) is 0 Å². The van der Waals surface area contributed by atoms with Crippen molar-refractivity contribution in [2.75, 3.05) is 6.61 Å². The van der Waals surface area contributed by atoms with Gasteiger partial charge in [-0.2, -0.15) is 0 Å². The van der Waals surface area contributed by atoms with Crippen molar-refractivity contribution in [2.24, 2.45) is 23.7 Å². The van der Waals surface area contributed by atoms with Crippen LogP contribution in [0, 0.1) is 23.7 Å². The molecule has 0 fully saturated rings. The van der Waals surface area contributed by atoms with Crippen LogP contribution < -0.4 is 0 Å². The van der Waals surface area contributed by atoms with Gasteiger partial charge < -0.3 is 5.11 Å². The lowest BCUT2D eigenvalue weighted by molar-refractivity contribution is 0.255. The van der Waals surface area contributed by atoms with E-state index in [2.05, 4.69) is 34.6 Å². The minimum Gasteiger partial charge on any atom is -0.396 e. The van der Waals surface area contributed by atoms with E-state index in [1.54, 1.807) is 0 Å². The van der Waals surface area contributed by atoms with Crippen LogP contribution in [0.15, 0.2) is 0 Å². The molecule has 0 spiro atoms. The van der Waals surface area contributed by atoms with E-state index in [1.165, 1.54) is 57.8 Å². The molecule has 0 saturated heterocycles. The van der Waals surface area contributed by atoms with Crippen molar-refractivity contribution >= 4 is 0 Å². The van der Waals surface area contributed by atoms with Crippen LogP contribution in [0.1, 0.15) is 98.8 Å². The number of aliphatic hydroxyl groups is 1. The van der Waals surface area contributed by atoms with Gasteiger partial charge in [0.1, 0.15) is 0 Å². The topological polar surface area (TPSA) is 20.2 Å². The molecule has 0 unspecified atom stereocenters. The normalized spacial score (nSPS) is 16.1. The Labute approximate surface area is 134 Å². The molecule has 21 heavy (non-hydrogen) atoms. The minimum absolute atomic E-state index is 0.353. The van der Waals surface area contributed by atoms with Crippen molar-refractivity contribution in [2.45, 2.75) is 98.8 Å². The third kappa shape index (κ3) is 14.7. The Morgan fingerprint density at radius 3 is 1.19 bits per heavy atom. The summed E-state index contributed by atoms with van der Waals surface area (Å²) >= 11 is 0. The summed E-state index contributed by atoms with van der Waals surface area (Å²) in [5.74, 6) is 3.36.